The molecule has 38 heavy (non-hydrogen) atoms. The van der Waals surface area contributed by atoms with Crippen molar-refractivity contribution in [2.45, 2.75) is 82.5 Å². The van der Waals surface area contributed by atoms with Crippen LogP contribution in [0.4, 0.5) is 0 Å². The van der Waals surface area contributed by atoms with Crippen LogP contribution in [-0.2, 0) is 0 Å². The number of hydrogen-bond donors (Lipinski definition) is 3. The van der Waals surface area contributed by atoms with Crippen molar-refractivity contribution in [3.05, 3.63) is 41.7 Å². The fourth-order valence-electron chi connectivity index (χ4n) is 6.05. The third kappa shape index (κ3) is 5.57. The Bertz CT molecular complexity index is 1410. The van der Waals surface area contributed by atoms with Crippen LogP contribution in [0.1, 0.15) is 93.9 Å². The van der Waals surface area contributed by atoms with E-state index in [-0.39, 0.29) is 17.4 Å². The van der Waals surface area contributed by atoms with Gasteiger partial charge in [0.1, 0.15) is 5.75 Å². The second kappa shape index (κ2) is 11.8. The minimum atomic E-state index is -0.163. The molecule has 4 aromatic rings. The number of hydrogen-bond acceptors (Lipinski definition) is 7. The maximum absolute atomic E-state index is 9.57. The van der Waals surface area contributed by atoms with E-state index < -0.39 is 0 Å². The molecule has 3 N–H and O–H groups in total. The first-order valence-electron chi connectivity index (χ1n) is 13.8. The van der Waals surface area contributed by atoms with Crippen LogP contribution in [0.2, 0.25) is 0 Å². The Labute approximate surface area is 222 Å². The lowest BCUT2D eigenvalue weighted by molar-refractivity contribution is 0.330. The first-order valence-corrected chi connectivity index (χ1v) is 13.8. The number of nitriles is 1. The molecule has 2 heterocycles. The van der Waals surface area contributed by atoms with Crippen LogP contribution in [0, 0.1) is 17.2 Å². The molecule has 2 aliphatic rings. The Hall–Kier alpha value is -3.73. The normalized spacial score (nSPS) is 17.6. The zero-order valence-corrected chi connectivity index (χ0v) is 21.9. The van der Waals surface area contributed by atoms with Crippen molar-refractivity contribution in [1.29, 1.82) is 5.26 Å². The molecule has 2 saturated carbocycles. The minimum Gasteiger partial charge on any atom is -0.504 e. The van der Waals surface area contributed by atoms with Crippen molar-refractivity contribution in [3.8, 4) is 23.3 Å². The van der Waals surface area contributed by atoms with Crippen LogP contribution in [-0.4, -0.2) is 32.7 Å². The third-order valence-corrected chi connectivity index (χ3v) is 8.18. The molecule has 0 radical (unpaired) electrons. The van der Waals surface area contributed by atoms with Gasteiger partial charge in [-0.05, 0) is 43.4 Å². The Morgan fingerprint density at radius 2 is 1.71 bits per heavy atom. The van der Waals surface area contributed by atoms with Gasteiger partial charge in [0.2, 0.25) is 0 Å². The van der Waals surface area contributed by atoms with E-state index in [2.05, 4.69) is 21.4 Å². The van der Waals surface area contributed by atoms with Gasteiger partial charge in [0.05, 0.1) is 36.0 Å². The molecule has 2 fully saturated rings. The molecular formula is C30H36N4O4. The molecule has 2 aliphatic carbocycles. The summed E-state index contributed by atoms with van der Waals surface area (Å²) in [4.78, 5) is 0. The fourth-order valence-corrected chi connectivity index (χ4v) is 6.05. The third-order valence-electron chi connectivity index (χ3n) is 8.18. The summed E-state index contributed by atoms with van der Waals surface area (Å²) in [5, 5.41) is 41.9. The summed E-state index contributed by atoms with van der Waals surface area (Å²) in [7, 11) is 1.65. The number of rotatable bonds is 5. The number of phenolic OH excluding ortho intramolecular Hbond substituents is 2. The second-order valence-corrected chi connectivity index (χ2v) is 10.7. The van der Waals surface area contributed by atoms with E-state index in [1.54, 1.807) is 13.2 Å². The monoisotopic (exact) mass is 516 g/mol. The van der Waals surface area contributed by atoms with E-state index in [0.717, 1.165) is 52.7 Å². The molecule has 1 atom stereocenters. The molecule has 6 rings (SSSR count). The minimum absolute atomic E-state index is 0.0912. The summed E-state index contributed by atoms with van der Waals surface area (Å²) >= 11 is 0. The van der Waals surface area contributed by atoms with E-state index in [4.69, 9.17) is 9.26 Å². The van der Waals surface area contributed by atoms with Gasteiger partial charge in [-0.15, -0.1) is 0 Å². The van der Waals surface area contributed by atoms with E-state index in [0.29, 0.717) is 17.4 Å². The summed E-state index contributed by atoms with van der Waals surface area (Å²) in [6.07, 6.45) is 13.4. The molecule has 2 aromatic heterocycles. The highest BCUT2D eigenvalue weighted by atomic mass is 16.5. The lowest BCUT2D eigenvalue weighted by Crippen LogP contribution is -2.11. The number of ether oxygens (including phenoxy) is 1. The Morgan fingerprint density at radius 1 is 1.00 bits per heavy atom. The second-order valence-electron chi connectivity index (χ2n) is 10.7. The molecule has 0 spiro atoms. The van der Waals surface area contributed by atoms with Gasteiger partial charge in [-0.25, -0.2) is 0 Å². The fraction of sp³-hybridized carbons (Fsp3) is 0.500. The van der Waals surface area contributed by atoms with Gasteiger partial charge in [-0.1, -0.05) is 56.5 Å². The highest BCUT2D eigenvalue weighted by molar-refractivity contribution is 5.84. The molecule has 2 aromatic carbocycles. The van der Waals surface area contributed by atoms with Crippen LogP contribution in [0.15, 0.2) is 34.9 Å². The van der Waals surface area contributed by atoms with E-state index in [1.807, 2.05) is 18.2 Å². The SMILES string of the molecule is COc1ccc2c(C(C#N)CC3CCCCC3)[nH]nc2c1.Oc1cc2onc(C3CCCCC3)c2cc1O. The molecule has 0 saturated heterocycles. The lowest BCUT2D eigenvalue weighted by Gasteiger charge is -2.23. The molecule has 0 aliphatic heterocycles. The van der Waals surface area contributed by atoms with Crippen molar-refractivity contribution < 1.29 is 19.5 Å². The number of aromatic hydroxyl groups is 2. The van der Waals surface area contributed by atoms with Gasteiger partial charge in [0.25, 0.3) is 0 Å². The van der Waals surface area contributed by atoms with Gasteiger partial charge < -0.3 is 19.5 Å². The quantitative estimate of drug-likeness (QED) is 0.235. The van der Waals surface area contributed by atoms with Crippen molar-refractivity contribution in [3.63, 3.8) is 0 Å². The molecule has 1 unspecified atom stereocenters. The maximum Gasteiger partial charge on any atom is 0.171 e. The van der Waals surface area contributed by atoms with Crippen molar-refractivity contribution in [2.24, 2.45) is 5.92 Å². The first kappa shape index (κ1) is 25.9. The zero-order valence-electron chi connectivity index (χ0n) is 21.9. The number of nitrogens with zero attached hydrogens (tertiary/aromatic N) is 3. The number of nitrogens with one attached hydrogen (secondary N) is 1. The number of aromatic nitrogens is 3. The number of fused-ring (bicyclic) bond motifs is 2. The summed E-state index contributed by atoms with van der Waals surface area (Å²) in [5.74, 6) is 1.53. The number of benzene rings is 2. The van der Waals surface area contributed by atoms with Crippen LogP contribution in [0.25, 0.3) is 21.9 Å². The molecule has 0 amide bonds. The predicted octanol–water partition coefficient (Wildman–Crippen LogP) is 7.44. The molecule has 8 nitrogen and oxygen atoms in total. The van der Waals surface area contributed by atoms with Crippen molar-refractivity contribution in [2.75, 3.05) is 7.11 Å². The summed E-state index contributed by atoms with van der Waals surface area (Å²) in [5.41, 5.74) is 3.30. The van der Waals surface area contributed by atoms with Gasteiger partial charge in [-0.2, -0.15) is 10.4 Å². The van der Waals surface area contributed by atoms with Gasteiger partial charge in [-0.3, -0.25) is 5.10 Å². The predicted molar refractivity (Wildman–Crippen MR) is 145 cm³/mol. The van der Waals surface area contributed by atoms with Crippen molar-refractivity contribution >= 4 is 21.9 Å². The average molecular weight is 517 g/mol. The molecule has 8 heteroatoms. The molecule has 200 valence electrons. The Kier molecular flexibility index (Phi) is 8.02. The molecular weight excluding hydrogens is 480 g/mol. The average Bonchev–Trinajstić information content (AvgIpc) is 3.57. The van der Waals surface area contributed by atoms with E-state index >= 15 is 0 Å². The topological polar surface area (TPSA) is 128 Å². The smallest absolute Gasteiger partial charge is 0.171 e. The summed E-state index contributed by atoms with van der Waals surface area (Å²) in [6.45, 7) is 0. The largest absolute Gasteiger partial charge is 0.504 e. The van der Waals surface area contributed by atoms with Gasteiger partial charge >= 0.3 is 0 Å². The number of H-pyrrole nitrogens is 1. The van der Waals surface area contributed by atoms with Crippen LogP contribution >= 0.6 is 0 Å². The highest BCUT2D eigenvalue weighted by Crippen LogP contribution is 2.39. The van der Waals surface area contributed by atoms with Crippen molar-refractivity contribution in [1.82, 2.24) is 15.4 Å². The summed E-state index contributed by atoms with van der Waals surface area (Å²) < 4.78 is 10.4. The highest BCUT2D eigenvalue weighted by Gasteiger charge is 2.24. The van der Waals surface area contributed by atoms with Gasteiger partial charge in [0.15, 0.2) is 17.1 Å². The Balaban J connectivity index is 0.000000158. The summed E-state index contributed by atoms with van der Waals surface area (Å²) in [6, 6.07) is 11.3. The van der Waals surface area contributed by atoms with Crippen LogP contribution in [0.3, 0.4) is 0 Å². The number of phenols is 2. The zero-order chi connectivity index (χ0) is 26.5. The Morgan fingerprint density at radius 3 is 2.42 bits per heavy atom. The van der Waals surface area contributed by atoms with E-state index in [1.165, 1.54) is 57.4 Å². The standard InChI is InChI=1S/C17H21N3O.C13H15NO3/c1-21-14-7-8-15-16(10-14)19-20-17(15)13(11-18)9-12-5-3-2-4-6-12;15-10-6-9-12(7-11(10)16)17-14-13(9)8-4-2-1-3-5-8/h7-8,10,12-13H,2-6,9H2,1H3,(H,19,20);6-8,15-16H,1-5H2. The van der Waals surface area contributed by atoms with Crippen LogP contribution in [0.5, 0.6) is 17.2 Å². The van der Waals surface area contributed by atoms with E-state index in [9.17, 15) is 15.5 Å². The number of aromatic amines is 1. The maximum atomic E-state index is 9.57. The lowest BCUT2D eigenvalue weighted by atomic mass is 9.82. The number of methoxy groups -OCH3 is 1. The first-order chi connectivity index (χ1) is 18.6. The van der Waals surface area contributed by atoms with Gasteiger partial charge in [0, 0.05) is 28.8 Å². The van der Waals surface area contributed by atoms with Crippen LogP contribution < -0.4 is 4.74 Å². The molecule has 0 bridgehead atoms.